The minimum Gasteiger partial charge on any atom is -0.335 e. The molecule has 0 radical (unpaired) electrons. The molecule has 3 heterocycles. The molecule has 1 aliphatic carbocycles. The van der Waals surface area contributed by atoms with E-state index >= 15 is 0 Å². The molecular weight excluding hydrogens is 370 g/mol. The molecule has 3 aliphatic rings. The zero-order chi connectivity index (χ0) is 18.2. The Kier molecular flexibility index (Phi) is 5.11. The van der Waals surface area contributed by atoms with Gasteiger partial charge in [-0.2, -0.15) is 11.3 Å². The molecule has 1 spiro atoms. The fraction of sp³-hybridized carbons (Fsp3) is 0.722. The molecule has 1 saturated carbocycles. The lowest BCUT2D eigenvalue weighted by Crippen LogP contribution is -2.40. The molecule has 26 heavy (non-hydrogen) atoms. The quantitative estimate of drug-likeness (QED) is 0.792. The van der Waals surface area contributed by atoms with Crippen LogP contribution in [0.2, 0.25) is 0 Å². The van der Waals surface area contributed by atoms with E-state index in [1.807, 2.05) is 10.3 Å². The van der Waals surface area contributed by atoms with Crippen LogP contribution in [-0.4, -0.2) is 61.5 Å². The van der Waals surface area contributed by atoms with Crippen LogP contribution in [0, 0.1) is 5.41 Å². The van der Waals surface area contributed by atoms with Gasteiger partial charge in [0.15, 0.2) is 0 Å². The number of piperidine rings is 1. The largest absolute Gasteiger partial charge is 0.335 e. The van der Waals surface area contributed by atoms with Crippen LogP contribution in [0.25, 0.3) is 0 Å². The van der Waals surface area contributed by atoms with Crippen LogP contribution in [0.4, 0.5) is 0 Å². The van der Waals surface area contributed by atoms with Crippen LogP contribution in [0.5, 0.6) is 0 Å². The van der Waals surface area contributed by atoms with Crippen molar-refractivity contribution in [3.05, 3.63) is 22.4 Å². The number of rotatable bonds is 6. The molecule has 2 saturated heterocycles. The fourth-order valence-corrected chi connectivity index (χ4v) is 6.68. The Labute approximate surface area is 159 Å². The fourth-order valence-electron chi connectivity index (χ4n) is 4.49. The average molecular weight is 398 g/mol. The summed E-state index contributed by atoms with van der Waals surface area (Å²) in [6.07, 6.45) is 4.31. The zero-order valence-corrected chi connectivity index (χ0v) is 16.7. The first-order chi connectivity index (χ1) is 12.5. The molecule has 0 bridgehead atoms. The molecule has 1 unspecified atom stereocenters. The summed E-state index contributed by atoms with van der Waals surface area (Å²) in [5.74, 6) is 0.317. The van der Waals surface area contributed by atoms with Crippen LogP contribution >= 0.6 is 11.3 Å². The highest BCUT2D eigenvalue weighted by molar-refractivity contribution is 7.89. The molecule has 0 aromatic carbocycles. The number of amides is 1. The number of nitrogens with one attached hydrogen (secondary N) is 1. The van der Waals surface area contributed by atoms with Crippen molar-refractivity contribution < 1.29 is 13.2 Å². The first-order valence-corrected chi connectivity index (χ1v) is 12.0. The highest BCUT2D eigenvalue weighted by Crippen LogP contribution is 2.56. The minimum atomic E-state index is -3.13. The van der Waals surface area contributed by atoms with Crippen molar-refractivity contribution in [2.75, 3.05) is 31.9 Å². The van der Waals surface area contributed by atoms with E-state index in [0.29, 0.717) is 32.1 Å². The molecule has 3 fully saturated rings. The Morgan fingerprint density at radius 1 is 1.38 bits per heavy atom. The highest BCUT2D eigenvalue weighted by atomic mass is 32.2. The van der Waals surface area contributed by atoms with Gasteiger partial charge < -0.3 is 10.2 Å². The van der Waals surface area contributed by atoms with Crippen molar-refractivity contribution in [3.8, 4) is 0 Å². The Hall–Kier alpha value is -0.960. The van der Waals surface area contributed by atoms with Crippen molar-refractivity contribution in [1.29, 1.82) is 0 Å². The Morgan fingerprint density at radius 2 is 2.19 bits per heavy atom. The first kappa shape index (κ1) is 18.4. The maximum atomic E-state index is 13.0. The van der Waals surface area contributed by atoms with Gasteiger partial charge in [0.05, 0.1) is 5.75 Å². The number of nitrogens with zero attached hydrogens (tertiary/aromatic N) is 2. The maximum Gasteiger partial charge on any atom is 0.224 e. The third-order valence-corrected chi connectivity index (χ3v) is 8.84. The third kappa shape index (κ3) is 3.69. The monoisotopic (exact) mass is 397 g/mol. The predicted molar refractivity (Wildman–Crippen MR) is 102 cm³/mol. The van der Waals surface area contributed by atoms with Crippen molar-refractivity contribution in [1.82, 2.24) is 14.5 Å². The van der Waals surface area contributed by atoms with E-state index in [1.165, 1.54) is 9.87 Å². The molecular formula is C18H27N3O3S2. The molecule has 4 rings (SSSR count). The Morgan fingerprint density at radius 3 is 2.85 bits per heavy atom. The molecule has 144 valence electrons. The second-order valence-electron chi connectivity index (χ2n) is 7.80. The predicted octanol–water partition coefficient (Wildman–Crippen LogP) is 1.64. The van der Waals surface area contributed by atoms with Crippen LogP contribution in [0.1, 0.15) is 37.7 Å². The van der Waals surface area contributed by atoms with Crippen molar-refractivity contribution >= 4 is 27.3 Å². The Bertz CT molecular complexity index is 742. The van der Waals surface area contributed by atoms with Gasteiger partial charge in [0.2, 0.25) is 15.9 Å². The van der Waals surface area contributed by atoms with Crippen LogP contribution in [0.3, 0.4) is 0 Å². The maximum absolute atomic E-state index is 13.0. The topological polar surface area (TPSA) is 69.7 Å². The summed E-state index contributed by atoms with van der Waals surface area (Å²) in [4.78, 5) is 15.1. The van der Waals surface area contributed by atoms with E-state index in [-0.39, 0.29) is 23.5 Å². The second-order valence-corrected chi connectivity index (χ2v) is 10.7. The van der Waals surface area contributed by atoms with E-state index in [2.05, 4.69) is 16.8 Å². The van der Waals surface area contributed by atoms with Gasteiger partial charge in [0.1, 0.15) is 0 Å². The van der Waals surface area contributed by atoms with Crippen molar-refractivity contribution in [2.24, 2.45) is 5.41 Å². The third-order valence-electron chi connectivity index (χ3n) is 6.15. The van der Waals surface area contributed by atoms with E-state index < -0.39 is 10.0 Å². The summed E-state index contributed by atoms with van der Waals surface area (Å²) in [5, 5.41) is 7.55. The first-order valence-electron chi connectivity index (χ1n) is 9.49. The zero-order valence-electron chi connectivity index (χ0n) is 15.0. The summed E-state index contributed by atoms with van der Waals surface area (Å²) in [6, 6.07) is 2.39. The van der Waals surface area contributed by atoms with Crippen LogP contribution in [0.15, 0.2) is 16.8 Å². The van der Waals surface area contributed by atoms with Gasteiger partial charge in [-0.1, -0.05) is 0 Å². The SMILES string of the molecule is O=C(CCN1CCCS1(=O)=O)N(Cc1ccsc1)C1CC12CCNCC2. The van der Waals surface area contributed by atoms with E-state index in [1.54, 1.807) is 11.3 Å². The lowest BCUT2D eigenvalue weighted by Gasteiger charge is -2.30. The molecule has 1 aromatic heterocycles. The molecule has 6 nitrogen and oxygen atoms in total. The summed E-state index contributed by atoms with van der Waals surface area (Å²) in [6.45, 7) is 3.59. The van der Waals surface area contributed by atoms with Gasteiger partial charge in [-0.15, -0.1) is 0 Å². The van der Waals surface area contributed by atoms with Gasteiger partial charge in [-0.05, 0) is 66.6 Å². The number of sulfonamides is 1. The molecule has 1 amide bonds. The number of carbonyl (C=O) groups excluding carboxylic acids is 1. The second kappa shape index (κ2) is 7.22. The van der Waals surface area contributed by atoms with Crippen LogP contribution < -0.4 is 5.32 Å². The summed E-state index contributed by atoms with van der Waals surface area (Å²) >= 11 is 1.65. The highest BCUT2D eigenvalue weighted by Gasteiger charge is 2.57. The average Bonchev–Trinajstić information content (AvgIpc) is 2.98. The van der Waals surface area contributed by atoms with E-state index in [0.717, 1.165) is 32.4 Å². The number of hydrogen-bond acceptors (Lipinski definition) is 5. The van der Waals surface area contributed by atoms with Crippen molar-refractivity contribution in [2.45, 2.75) is 44.7 Å². The Balaban J connectivity index is 1.43. The number of carbonyl (C=O) groups is 1. The molecule has 1 atom stereocenters. The minimum absolute atomic E-state index is 0.0960. The van der Waals surface area contributed by atoms with Gasteiger partial charge >= 0.3 is 0 Å². The summed E-state index contributed by atoms with van der Waals surface area (Å²) < 4.78 is 25.5. The van der Waals surface area contributed by atoms with Gasteiger partial charge in [-0.25, -0.2) is 12.7 Å². The van der Waals surface area contributed by atoms with E-state index in [9.17, 15) is 13.2 Å². The molecule has 2 aliphatic heterocycles. The molecule has 1 N–H and O–H groups in total. The summed E-state index contributed by atoms with van der Waals surface area (Å²) in [7, 11) is -3.13. The van der Waals surface area contributed by atoms with E-state index in [4.69, 9.17) is 0 Å². The molecule has 8 heteroatoms. The number of hydrogen-bond donors (Lipinski definition) is 1. The lowest BCUT2D eigenvalue weighted by molar-refractivity contribution is -0.133. The van der Waals surface area contributed by atoms with Gasteiger partial charge in [0, 0.05) is 32.1 Å². The smallest absolute Gasteiger partial charge is 0.224 e. The van der Waals surface area contributed by atoms with Gasteiger partial charge in [0.25, 0.3) is 0 Å². The number of thiophene rings is 1. The normalized spacial score (nSPS) is 26.8. The van der Waals surface area contributed by atoms with Crippen molar-refractivity contribution in [3.63, 3.8) is 0 Å². The summed E-state index contributed by atoms with van der Waals surface area (Å²) in [5.41, 5.74) is 1.46. The lowest BCUT2D eigenvalue weighted by atomic mass is 9.93. The molecule has 1 aromatic rings. The standard InChI is InChI=1S/C18H27N3O3S2/c22-17(2-9-20-8-1-11-26(20,23)24)21(13-15-3-10-25-14-15)16-12-18(16)4-6-19-7-5-18/h3,10,14,16,19H,1-2,4-9,11-13H2. The van der Waals surface area contributed by atoms with Gasteiger partial charge in [-0.3, -0.25) is 4.79 Å². The van der Waals surface area contributed by atoms with Crippen LogP contribution in [-0.2, 0) is 21.4 Å².